The summed E-state index contributed by atoms with van der Waals surface area (Å²) >= 11 is 1.39. The van der Waals surface area contributed by atoms with Gasteiger partial charge in [0.1, 0.15) is 5.82 Å². The van der Waals surface area contributed by atoms with Gasteiger partial charge in [0.2, 0.25) is 5.13 Å². The Kier molecular flexibility index (Phi) is 4.67. The SMILES string of the molecule is COc1ccc(CNc2nc(C(C)(C)C)ns2)cc1OC. The molecule has 0 aliphatic heterocycles. The Morgan fingerprint density at radius 2 is 1.86 bits per heavy atom. The predicted molar refractivity (Wildman–Crippen MR) is 85.5 cm³/mol. The van der Waals surface area contributed by atoms with Crippen LogP contribution in [0.5, 0.6) is 11.5 Å². The fourth-order valence-electron chi connectivity index (χ4n) is 1.77. The van der Waals surface area contributed by atoms with Crippen LogP contribution in [0.2, 0.25) is 0 Å². The van der Waals surface area contributed by atoms with Crippen molar-refractivity contribution in [3.05, 3.63) is 29.6 Å². The van der Waals surface area contributed by atoms with E-state index in [1.165, 1.54) is 11.5 Å². The zero-order valence-electron chi connectivity index (χ0n) is 13.1. The highest BCUT2D eigenvalue weighted by Crippen LogP contribution is 2.28. The fraction of sp³-hybridized carbons (Fsp3) is 0.467. The Labute approximate surface area is 129 Å². The molecule has 0 radical (unpaired) electrons. The number of ether oxygens (including phenoxy) is 2. The quantitative estimate of drug-likeness (QED) is 0.916. The molecular weight excluding hydrogens is 286 g/mol. The minimum absolute atomic E-state index is 0.0280. The van der Waals surface area contributed by atoms with E-state index in [0.29, 0.717) is 6.54 Å². The molecule has 2 rings (SSSR count). The van der Waals surface area contributed by atoms with E-state index < -0.39 is 0 Å². The standard InChI is InChI=1S/C15H21N3O2S/c1-15(2,3)13-17-14(21-18-13)16-9-10-6-7-11(19-4)12(8-10)20-5/h6-8H,9H2,1-5H3,(H,16,17,18). The summed E-state index contributed by atoms with van der Waals surface area (Å²) in [5, 5.41) is 4.12. The van der Waals surface area contributed by atoms with Gasteiger partial charge < -0.3 is 14.8 Å². The largest absolute Gasteiger partial charge is 0.493 e. The molecule has 21 heavy (non-hydrogen) atoms. The summed E-state index contributed by atoms with van der Waals surface area (Å²) in [6, 6.07) is 5.86. The first kappa shape index (κ1) is 15.6. The van der Waals surface area contributed by atoms with Crippen LogP contribution in [-0.4, -0.2) is 23.6 Å². The van der Waals surface area contributed by atoms with Crippen LogP contribution in [0, 0.1) is 0 Å². The molecule has 1 N–H and O–H groups in total. The van der Waals surface area contributed by atoms with Crippen molar-refractivity contribution < 1.29 is 9.47 Å². The molecule has 1 aromatic heterocycles. The lowest BCUT2D eigenvalue weighted by molar-refractivity contribution is 0.354. The molecule has 0 saturated heterocycles. The maximum absolute atomic E-state index is 5.30. The first-order valence-electron chi connectivity index (χ1n) is 6.73. The summed E-state index contributed by atoms with van der Waals surface area (Å²) in [6.07, 6.45) is 0. The molecular formula is C15H21N3O2S. The van der Waals surface area contributed by atoms with Crippen molar-refractivity contribution in [1.82, 2.24) is 9.36 Å². The third-order valence-corrected chi connectivity index (χ3v) is 3.66. The number of nitrogens with one attached hydrogen (secondary N) is 1. The molecule has 2 aromatic rings. The monoisotopic (exact) mass is 307 g/mol. The average molecular weight is 307 g/mol. The smallest absolute Gasteiger partial charge is 0.202 e. The molecule has 0 unspecified atom stereocenters. The number of benzene rings is 1. The molecule has 0 aliphatic rings. The maximum atomic E-state index is 5.30. The maximum Gasteiger partial charge on any atom is 0.202 e. The van der Waals surface area contributed by atoms with Crippen molar-refractivity contribution in [1.29, 1.82) is 0 Å². The summed E-state index contributed by atoms with van der Waals surface area (Å²) in [5.74, 6) is 2.32. The summed E-state index contributed by atoms with van der Waals surface area (Å²) < 4.78 is 14.9. The van der Waals surface area contributed by atoms with Crippen molar-refractivity contribution >= 4 is 16.7 Å². The molecule has 0 aliphatic carbocycles. The molecule has 0 saturated carbocycles. The van der Waals surface area contributed by atoms with Gasteiger partial charge in [0.15, 0.2) is 11.5 Å². The molecule has 6 heteroatoms. The highest BCUT2D eigenvalue weighted by Gasteiger charge is 2.19. The highest BCUT2D eigenvalue weighted by atomic mass is 32.1. The Balaban J connectivity index is 2.04. The number of aromatic nitrogens is 2. The van der Waals surface area contributed by atoms with E-state index >= 15 is 0 Å². The number of hydrogen-bond acceptors (Lipinski definition) is 6. The van der Waals surface area contributed by atoms with Gasteiger partial charge in [0.25, 0.3) is 0 Å². The van der Waals surface area contributed by atoms with Crippen molar-refractivity contribution in [2.24, 2.45) is 0 Å². The fourth-order valence-corrected chi connectivity index (χ4v) is 2.52. The third-order valence-electron chi connectivity index (χ3n) is 2.99. The minimum atomic E-state index is -0.0280. The van der Waals surface area contributed by atoms with Crippen LogP contribution >= 0.6 is 11.5 Å². The summed E-state index contributed by atoms with van der Waals surface area (Å²) in [5.41, 5.74) is 1.07. The molecule has 0 atom stereocenters. The number of nitrogens with zero attached hydrogens (tertiary/aromatic N) is 2. The Morgan fingerprint density at radius 3 is 2.43 bits per heavy atom. The lowest BCUT2D eigenvalue weighted by Crippen LogP contribution is -2.13. The molecule has 0 bridgehead atoms. The van der Waals surface area contributed by atoms with Crippen LogP contribution in [-0.2, 0) is 12.0 Å². The topological polar surface area (TPSA) is 56.3 Å². The number of rotatable bonds is 5. The van der Waals surface area contributed by atoms with Crippen LogP contribution < -0.4 is 14.8 Å². The molecule has 0 spiro atoms. The van der Waals surface area contributed by atoms with Crippen LogP contribution in [0.1, 0.15) is 32.2 Å². The van der Waals surface area contributed by atoms with E-state index in [4.69, 9.17) is 9.47 Å². The van der Waals surface area contributed by atoms with Crippen molar-refractivity contribution in [3.8, 4) is 11.5 Å². The zero-order chi connectivity index (χ0) is 15.5. The summed E-state index contributed by atoms with van der Waals surface area (Å²) in [6.45, 7) is 6.98. The molecule has 0 fully saturated rings. The summed E-state index contributed by atoms with van der Waals surface area (Å²) in [7, 11) is 3.26. The van der Waals surface area contributed by atoms with Gasteiger partial charge in [-0.05, 0) is 17.7 Å². The van der Waals surface area contributed by atoms with Gasteiger partial charge in [-0.25, -0.2) is 4.98 Å². The normalized spacial score (nSPS) is 11.3. The molecule has 114 valence electrons. The molecule has 1 aromatic carbocycles. The second kappa shape index (κ2) is 6.30. The van der Waals surface area contributed by atoms with Gasteiger partial charge >= 0.3 is 0 Å². The first-order chi connectivity index (χ1) is 9.94. The number of anilines is 1. The molecule has 1 heterocycles. The Bertz CT molecular complexity index is 605. The van der Waals surface area contributed by atoms with Gasteiger partial charge in [-0.3, -0.25) is 0 Å². The number of methoxy groups -OCH3 is 2. The van der Waals surface area contributed by atoms with Crippen molar-refractivity contribution in [2.75, 3.05) is 19.5 Å². The van der Waals surface area contributed by atoms with E-state index in [1.54, 1.807) is 14.2 Å². The van der Waals surface area contributed by atoms with E-state index in [9.17, 15) is 0 Å². The van der Waals surface area contributed by atoms with Gasteiger partial charge in [-0.2, -0.15) is 4.37 Å². The second-order valence-corrected chi connectivity index (χ2v) is 6.47. The molecule has 5 nitrogen and oxygen atoms in total. The van der Waals surface area contributed by atoms with Gasteiger partial charge in [0.05, 0.1) is 14.2 Å². The van der Waals surface area contributed by atoms with E-state index in [1.807, 2.05) is 18.2 Å². The van der Waals surface area contributed by atoms with Crippen LogP contribution in [0.4, 0.5) is 5.13 Å². The second-order valence-electron chi connectivity index (χ2n) is 5.72. The molecule has 0 amide bonds. The van der Waals surface area contributed by atoms with Crippen LogP contribution in [0.25, 0.3) is 0 Å². The van der Waals surface area contributed by atoms with Crippen molar-refractivity contribution in [2.45, 2.75) is 32.7 Å². The van der Waals surface area contributed by atoms with E-state index in [2.05, 4.69) is 35.4 Å². The Morgan fingerprint density at radius 1 is 1.14 bits per heavy atom. The van der Waals surface area contributed by atoms with E-state index in [-0.39, 0.29) is 5.41 Å². The first-order valence-corrected chi connectivity index (χ1v) is 7.50. The third kappa shape index (κ3) is 3.85. The Hall–Kier alpha value is -1.82. The lowest BCUT2D eigenvalue weighted by Gasteiger charge is -2.12. The summed E-state index contributed by atoms with van der Waals surface area (Å²) in [4.78, 5) is 4.51. The zero-order valence-corrected chi connectivity index (χ0v) is 13.9. The van der Waals surface area contributed by atoms with Crippen molar-refractivity contribution in [3.63, 3.8) is 0 Å². The van der Waals surface area contributed by atoms with Gasteiger partial charge in [-0.15, -0.1) is 0 Å². The highest BCUT2D eigenvalue weighted by molar-refractivity contribution is 7.09. The van der Waals surface area contributed by atoms with Gasteiger partial charge in [0, 0.05) is 23.5 Å². The predicted octanol–water partition coefficient (Wildman–Crippen LogP) is 3.46. The minimum Gasteiger partial charge on any atom is -0.493 e. The lowest BCUT2D eigenvalue weighted by atomic mass is 9.96. The van der Waals surface area contributed by atoms with Gasteiger partial charge in [-0.1, -0.05) is 26.8 Å². The average Bonchev–Trinajstić information content (AvgIpc) is 2.93. The van der Waals surface area contributed by atoms with Crippen LogP contribution in [0.15, 0.2) is 18.2 Å². The van der Waals surface area contributed by atoms with E-state index in [0.717, 1.165) is 28.0 Å². The van der Waals surface area contributed by atoms with Crippen LogP contribution in [0.3, 0.4) is 0 Å². The number of hydrogen-bond donors (Lipinski definition) is 1.